The molecule has 0 atom stereocenters. The monoisotopic (exact) mass is 393 g/mol. The van der Waals surface area contributed by atoms with Gasteiger partial charge in [-0.1, -0.05) is 79.7 Å². The van der Waals surface area contributed by atoms with Crippen molar-refractivity contribution >= 4 is 5.82 Å². The Kier molecular flexibility index (Phi) is 5.10. The SMILES string of the molecule is CCc1ccccc1-n1nc(-c2ccc(-c3ccccc3)cc2)c2c1NCCCC2. The molecule has 0 aliphatic carbocycles. The van der Waals surface area contributed by atoms with E-state index in [0.717, 1.165) is 30.9 Å². The molecule has 0 saturated heterocycles. The maximum Gasteiger partial charge on any atom is 0.133 e. The van der Waals surface area contributed by atoms with Crippen molar-refractivity contribution in [1.29, 1.82) is 0 Å². The van der Waals surface area contributed by atoms with Gasteiger partial charge in [0.1, 0.15) is 5.82 Å². The van der Waals surface area contributed by atoms with Gasteiger partial charge >= 0.3 is 0 Å². The van der Waals surface area contributed by atoms with Crippen LogP contribution in [0.2, 0.25) is 0 Å². The Hall–Kier alpha value is -3.33. The fourth-order valence-electron chi connectivity index (χ4n) is 4.38. The average molecular weight is 394 g/mol. The van der Waals surface area contributed by atoms with Gasteiger partial charge < -0.3 is 5.32 Å². The lowest BCUT2D eigenvalue weighted by Gasteiger charge is -2.12. The molecule has 0 amide bonds. The van der Waals surface area contributed by atoms with E-state index in [2.05, 4.69) is 95.8 Å². The summed E-state index contributed by atoms with van der Waals surface area (Å²) in [5.74, 6) is 1.16. The minimum atomic E-state index is 0.992. The van der Waals surface area contributed by atoms with E-state index in [1.807, 2.05) is 0 Å². The van der Waals surface area contributed by atoms with Crippen molar-refractivity contribution in [3.05, 3.63) is 90.0 Å². The first kappa shape index (κ1) is 18.7. The molecule has 1 aliphatic rings. The summed E-state index contributed by atoms with van der Waals surface area (Å²) in [5, 5.41) is 8.81. The van der Waals surface area contributed by atoms with Crippen LogP contribution in [0.3, 0.4) is 0 Å². The average Bonchev–Trinajstić information content (AvgIpc) is 3.00. The van der Waals surface area contributed by atoms with E-state index in [4.69, 9.17) is 5.10 Å². The molecule has 0 bridgehead atoms. The Morgan fingerprint density at radius 3 is 2.30 bits per heavy atom. The predicted octanol–water partition coefficient (Wildman–Crippen LogP) is 6.52. The molecular weight excluding hydrogens is 366 g/mol. The van der Waals surface area contributed by atoms with Gasteiger partial charge in [0.15, 0.2) is 0 Å². The number of anilines is 1. The molecule has 0 radical (unpaired) electrons. The molecule has 1 N–H and O–H groups in total. The molecule has 0 spiro atoms. The Balaban J connectivity index is 1.61. The quantitative estimate of drug-likeness (QED) is 0.428. The zero-order valence-corrected chi connectivity index (χ0v) is 17.4. The van der Waals surface area contributed by atoms with Crippen LogP contribution in [0.25, 0.3) is 28.1 Å². The molecule has 3 aromatic carbocycles. The molecule has 4 aromatic rings. The molecule has 2 heterocycles. The largest absolute Gasteiger partial charge is 0.370 e. The van der Waals surface area contributed by atoms with E-state index in [9.17, 15) is 0 Å². The molecular formula is C27H27N3. The third-order valence-electron chi connectivity index (χ3n) is 6.00. The van der Waals surface area contributed by atoms with Gasteiger partial charge in [0.2, 0.25) is 0 Å². The van der Waals surface area contributed by atoms with Gasteiger partial charge in [-0.3, -0.25) is 0 Å². The van der Waals surface area contributed by atoms with Crippen LogP contribution in [0.15, 0.2) is 78.9 Å². The van der Waals surface area contributed by atoms with Crippen LogP contribution in [0.4, 0.5) is 5.82 Å². The minimum Gasteiger partial charge on any atom is -0.370 e. The van der Waals surface area contributed by atoms with Crippen LogP contribution < -0.4 is 5.32 Å². The van der Waals surface area contributed by atoms with Crippen LogP contribution in [-0.4, -0.2) is 16.3 Å². The molecule has 0 fully saturated rings. The van der Waals surface area contributed by atoms with Crippen LogP contribution in [0.5, 0.6) is 0 Å². The lowest BCUT2D eigenvalue weighted by molar-refractivity contribution is 0.779. The zero-order chi connectivity index (χ0) is 20.3. The van der Waals surface area contributed by atoms with Crippen LogP contribution in [-0.2, 0) is 12.8 Å². The first-order valence-electron chi connectivity index (χ1n) is 10.9. The normalized spacial score (nSPS) is 13.4. The first-order valence-corrected chi connectivity index (χ1v) is 10.9. The van der Waals surface area contributed by atoms with Crippen molar-refractivity contribution in [2.24, 2.45) is 0 Å². The van der Waals surface area contributed by atoms with Crippen molar-refractivity contribution in [3.63, 3.8) is 0 Å². The van der Waals surface area contributed by atoms with E-state index in [1.165, 1.54) is 46.3 Å². The summed E-state index contributed by atoms with van der Waals surface area (Å²) in [4.78, 5) is 0. The number of nitrogens with one attached hydrogen (secondary N) is 1. The first-order chi connectivity index (χ1) is 14.8. The lowest BCUT2D eigenvalue weighted by Crippen LogP contribution is -2.08. The topological polar surface area (TPSA) is 29.9 Å². The Morgan fingerprint density at radius 1 is 0.800 bits per heavy atom. The van der Waals surface area contributed by atoms with E-state index >= 15 is 0 Å². The summed E-state index contributed by atoms with van der Waals surface area (Å²) in [6.07, 6.45) is 4.44. The van der Waals surface area contributed by atoms with Crippen molar-refractivity contribution in [2.75, 3.05) is 11.9 Å². The molecule has 0 saturated carbocycles. The Bertz CT molecular complexity index is 1140. The molecule has 0 unspecified atom stereocenters. The summed E-state index contributed by atoms with van der Waals surface area (Å²) >= 11 is 0. The van der Waals surface area contributed by atoms with Gasteiger partial charge in [0, 0.05) is 17.7 Å². The molecule has 1 aliphatic heterocycles. The van der Waals surface area contributed by atoms with Crippen molar-refractivity contribution in [3.8, 4) is 28.1 Å². The van der Waals surface area contributed by atoms with Gasteiger partial charge in [0.05, 0.1) is 11.4 Å². The van der Waals surface area contributed by atoms with Gasteiger partial charge in [-0.25, -0.2) is 4.68 Å². The lowest BCUT2D eigenvalue weighted by atomic mass is 10.00. The maximum absolute atomic E-state index is 5.14. The van der Waals surface area contributed by atoms with Crippen molar-refractivity contribution in [1.82, 2.24) is 9.78 Å². The van der Waals surface area contributed by atoms with Crippen LogP contribution >= 0.6 is 0 Å². The summed E-state index contributed by atoms with van der Waals surface area (Å²) < 4.78 is 2.14. The molecule has 30 heavy (non-hydrogen) atoms. The summed E-state index contributed by atoms with van der Waals surface area (Å²) in [7, 11) is 0. The highest BCUT2D eigenvalue weighted by Gasteiger charge is 2.22. The van der Waals surface area contributed by atoms with E-state index in [-0.39, 0.29) is 0 Å². The molecule has 5 rings (SSSR count). The number of rotatable bonds is 4. The number of fused-ring (bicyclic) bond motifs is 1. The minimum absolute atomic E-state index is 0.992. The summed E-state index contributed by atoms with van der Waals surface area (Å²) in [6, 6.07) is 28.0. The fourth-order valence-corrected chi connectivity index (χ4v) is 4.38. The standard InChI is InChI=1S/C27H27N3/c1-2-20-10-6-7-14-25(20)30-27-24(13-8-9-19-28-27)26(29-30)23-17-15-22(16-18-23)21-11-4-3-5-12-21/h3-7,10-12,14-18,28H,2,8-9,13,19H2,1H3. The molecule has 1 aromatic heterocycles. The second-order valence-corrected chi connectivity index (χ2v) is 7.90. The van der Waals surface area contributed by atoms with E-state index in [0.29, 0.717) is 0 Å². The second kappa shape index (κ2) is 8.19. The highest BCUT2D eigenvalue weighted by Crippen LogP contribution is 2.35. The van der Waals surface area contributed by atoms with Crippen LogP contribution in [0, 0.1) is 0 Å². The number of para-hydroxylation sites is 1. The van der Waals surface area contributed by atoms with Gasteiger partial charge in [0.25, 0.3) is 0 Å². The third-order valence-corrected chi connectivity index (χ3v) is 6.00. The number of nitrogens with zero attached hydrogens (tertiary/aromatic N) is 2. The molecule has 3 nitrogen and oxygen atoms in total. The molecule has 150 valence electrons. The van der Waals surface area contributed by atoms with Crippen LogP contribution in [0.1, 0.15) is 30.9 Å². The van der Waals surface area contributed by atoms with Gasteiger partial charge in [-0.15, -0.1) is 0 Å². The summed E-state index contributed by atoms with van der Waals surface area (Å²) in [6.45, 7) is 3.21. The predicted molar refractivity (Wildman–Crippen MR) is 125 cm³/mol. The van der Waals surface area contributed by atoms with Crippen molar-refractivity contribution in [2.45, 2.75) is 32.6 Å². The maximum atomic E-state index is 5.14. The number of aryl methyl sites for hydroxylation is 1. The van der Waals surface area contributed by atoms with Gasteiger partial charge in [-0.2, -0.15) is 5.10 Å². The highest BCUT2D eigenvalue weighted by atomic mass is 15.3. The third kappa shape index (κ3) is 3.41. The van der Waals surface area contributed by atoms with Crippen molar-refractivity contribution < 1.29 is 0 Å². The second-order valence-electron chi connectivity index (χ2n) is 7.90. The van der Waals surface area contributed by atoms with E-state index < -0.39 is 0 Å². The highest BCUT2D eigenvalue weighted by molar-refractivity contribution is 5.74. The van der Waals surface area contributed by atoms with E-state index in [1.54, 1.807) is 0 Å². The Morgan fingerprint density at radius 2 is 1.50 bits per heavy atom. The smallest absolute Gasteiger partial charge is 0.133 e. The number of hydrogen-bond acceptors (Lipinski definition) is 2. The molecule has 3 heteroatoms. The number of benzene rings is 3. The summed E-state index contributed by atoms with van der Waals surface area (Å²) in [5.41, 5.74) is 8.60. The van der Waals surface area contributed by atoms with Gasteiger partial charge in [-0.05, 0) is 48.4 Å². The number of hydrogen-bond donors (Lipinski definition) is 1. The Labute approximate surface area is 178 Å². The number of aromatic nitrogens is 2. The zero-order valence-electron chi connectivity index (χ0n) is 17.4. The fraction of sp³-hybridized carbons (Fsp3) is 0.222.